The zero-order valence-electron chi connectivity index (χ0n) is 17.2. The van der Waals surface area contributed by atoms with Crippen molar-refractivity contribution in [2.24, 2.45) is 0 Å². The minimum atomic E-state index is -0.668. The molecule has 8 nitrogen and oxygen atoms in total. The maximum Gasteiger partial charge on any atom is 0.323 e. The Labute approximate surface area is 183 Å². The van der Waals surface area contributed by atoms with Gasteiger partial charge in [-0.1, -0.05) is 0 Å². The molecule has 0 spiro atoms. The first-order chi connectivity index (χ1) is 15.5. The highest BCUT2D eigenvalue weighted by Gasteiger charge is 2.26. The number of hydrogen-bond acceptors (Lipinski definition) is 5. The van der Waals surface area contributed by atoms with Gasteiger partial charge in [-0.2, -0.15) is 0 Å². The van der Waals surface area contributed by atoms with Crippen LogP contribution in [0.1, 0.15) is 36.0 Å². The Balaban J connectivity index is 1.34. The molecule has 3 amide bonds. The van der Waals surface area contributed by atoms with Gasteiger partial charge in [0.05, 0.1) is 12.9 Å². The van der Waals surface area contributed by atoms with Gasteiger partial charge in [0.25, 0.3) is 5.91 Å². The third-order valence-corrected chi connectivity index (χ3v) is 5.38. The van der Waals surface area contributed by atoms with Crippen molar-refractivity contribution >= 4 is 11.9 Å². The Morgan fingerprint density at radius 2 is 1.72 bits per heavy atom. The van der Waals surface area contributed by atoms with Crippen molar-refractivity contribution in [3.8, 4) is 11.6 Å². The number of benzene rings is 1. The lowest BCUT2D eigenvalue weighted by molar-refractivity contribution is 0.0920. The normalized spacial score (nSPS) is 19.9. The lowest BCUT2D eigenvalue weighted by Crippen LogP contribution is -2.47. The van der Waals surface area contributed by atoms with Crippen LogP contribution in [0, 0.1) is 11.6 Å². The van der Waals surface area contributed by atoms with Crippen LogP contribution in [0.25, 0.3) is 0 Å². The van der Waals surface area contributed by atoms with Gasteiger partial charge in [-0.15, -0.1) is 0 Å². The van der Waals surface area contributed by atoms with E-state index in [1.165, 1.54) is 24.3 Å². The summed E-state index contributed by atoms with van der Waals surface area (Å²) in [5.74, 6) is -1.39. The largest absolute Gasteiger partial charge is 0.438 e. The van der Waals surface area contributed by atoms with Gasteiger partial charge < -0.3 is 20.7 Å². The molecule has 1 fully saturated rings. The Morgan fingerprint density at radius 3 is 2.38 bits per heavy atom. The molecular formula is C22H23F2N5O3. The molecule has 10 heteroatoms. The fraction of sp³-hybridized carbons (Fsp3) is 0.318. The average Bonchev–Trinajstić information content (AvgIpc) is 3.33. The van der Waals surface area contributed by atoms with Crippen molar-refractivity contribution < 1.29 is 23.1 Å². The van der Waals surface area contributed by atoms with E-state index >= 15 is 0 Å². The van der Waals surface area contributed by atoms with Gasteiger partial charge in [-0.05, 0) is 56.0 Å². The molecule has 2 aromatic rings. The Morgan fingerprint density at radius 1 is 1.03 bits per heavy atom. The van der Waals surface area contributed by atoms with Gasteiger partial charge in [0.1, 0.15) is 22.9 Å². The number of carbonyl (C=O) groups excluding carboxylic acids is 2. The molecule has 4 rings (SSSR count). The molecular weight excluding hydrogens is 420 g/mol. The third-order valence-electron chi connectivity index (χ3n) is 5.38. The monoisotopic (exact) mass is 443 g/mol. The third kappa shape index (κ3) is 5.32. The first-order valence-electron chi connectivity index (χ1n) is 10.3. The van der Waals surface area contributed by atoms with E-state index in [4.69, 9.17) is 4.74 Å². The van der Waals surface area contributed by atoms with Gasteiger partial charge in [-0.3, -0.25) is 9.69 Å². The number of pyridine rings is 1. The van der Waals surface area contributed by atoms with E-state index in [1.54, 1.807) is 17.3 Å². The van der Waals surface area contributed by atoms with E-state index in [2.05, 4.69) is 20.9 Å². The van der Waals surface area contributed by atoms with Crippen LogP contribution in [0.5, 0.6) is 11.6 Å². The van der Waals surface area contributed by atoms with Crippen LogP contribution < -0.4 is 20.7 Å². The Hall–Kier alpha value is -3.69. The van der Waals surface area contributed by atoms with E-state index in [1.807, 2.05) is 0 Å². The zero-order valence-corrected chi connectivity index (χ0v) is 17.2. The van der Waals surface area contributed by atoms with Gasteiger partial charge in [-0.25, -0.2) is 18.6 Å². The fourth-order valence-corrected chi connectivity index (χ4v) is 3.67. The van der Waals surface area contributed by atoms with E-state index in [0.29, 0.717) is 32.4 Å². The maximum absolute atomic E-state index is 13.8. The molecule has 1 aromatic carbocycles. The summed E-state index contributed by atoms with van der Waals surface area (Å²) in [7, 11) is 0. The van der Waals surface area contributed by atoms with Gasteiger partial charge >= 0.3 is 6.03 Å². The van der Waals surface area contributed by atoms with Crippen LogP contribution in [0.3, 0.4) is 0 Å². The highest BCUT2D eigenvalue weighted by atomic mass is 19.1. The topological polar surface area (TPSA) is 95.6 Å². The van der Waals surface area contributed by atoms with Gasteiger partial charge in [0.15, 0.2) is 0 Å². The second kappa shape index (κ2) is 9.63. The summed E-state index contributed by atoms with van der Waals surface area (Å²) >= 11 is 0. The number of aromatic nitrogens is 1. The number of halogens is 2. The van der Waals surface area contributed by atoms with E-state index in [0.717, 1.165) is 12.3 Å². The summed E-state index contributed by atoms with van der Waals surface area (Å²) < 4.78 is 32.5. The van der Waals surface area contributed by atoms with Crippen molar-refractivity contribution in [1.29, 1.82) is 0 Å². The first kappa shape index (κ1) is 21.5. The minimum absolute atomic E-state index is 0.0258. The van der Waals surface area contributed by atoms with Crippen molar-refractivity contribution in [3.63, 3.8) is 0 Å². The van der Waals surface area contributed by atoms with Crippen molar-refractivity contribution in [2.75, 3.05) is 6.67 Å². The van der Waals surface area contributed by atoms with E-state index in [9.17, 15) is 18.4 Å². The van der Waals surface area contributed by atoms with Crippen LogP contribution in [-0.2, 0) is 0 Å². The molecule has 0 unspecified atom stereocenters. The molecule has 0 atom stereocenters. The average molecular weight is 443 g/mol. The number of ether oxygens (including phenoxy) is 1. The van der Waals surface area contributed by atoms with E-state index in [-0.39, 0.29) is 35.3 Å². The quantitative estimate of drug-likeness (QED) is 0.660. The highest BCUT2D eigenvalue weighted by Crippen LogP contribution is 2.25. The molecule has 1 aliphatic carbocycles. The molecule has 0 saturated heterocycles. The fourth-order valence-electron chi connectivity index (χ4n) is 3.67. The number of urea groups is 1. The second-order valence-electron chi connectivity index (χ2n) is 7.68. The lowest BCUT2D eigenvalue weighted by Gasteiger charge is -2.30. The predicted octanol–water partition coefficient (Wildman–Crippen LogP) is 3.24. The molecule has 168 valence electrons. The molecule has 1 saturated carbocycles. The smallest absolute Gasteiger partial charge is 0.323 e. The number of rotatable bonds is 5. The Kier molecular flexibility index (Phi) is 6.48. The molecule has 1 aromatic heterocycles. The molecule has 0 bridgehead atoms. The summed E-state index contributed by atoms with van der Waals surface area (Å²) in [5, 5.41) is 8.83. The van der Waals surface area contributed by atoms with Crippen molar-refractivity contribution in [3.05, 3.63) is 66.1 Å². The van der Waals surface area contributed by atoms with Crippen LogP contribution >= 0.6 is 0 Å². The van der Waals surface area contributed by atoms with Gasteiger partial charge in [0, 0.05) is 24.5 Å². The molecule has 1 aliphatic heterocycles. The Bertz CT molecular complexity index is 1010. The second-order valence-corrected chi connectivity index (χ2v) is 7.68. The van der Waals surface area contributed by atoms with Crippen LogP contribution in [-0.4, -0.2) is 40.6 Å². The van der Waals surface area contributed by atoms with Gasteiger partial charge in [0.2, 0.25) is 5.88 Å². The zero-order chi connectivity index (χ0) is 22.5. The standard InChI is InChI=1S/C22H23F2N5O3/c23-14-1-7-18(8-2-14)32-21-19(11-15(24)12-26-21)20(30)27-16-3-5-17(6-4-16)28-22(31)29-10-9-25-13-29/h1-2,7-12,16-17,25H,3-6,13H2,(H,27,30)(H,28,31). The van der Waals surface area contributed by atoms with E-state index < -0.39 is 17.5 Å². The number of carbonyl (C=O) groups is 2. The number of hydrogen-bond donors (Lipinski definition) is 3. The first-order valence-corrected chi connectivity index (χ1v) is 10.3. The number of nitrogens with zero attached hydrogens (tertiary/aromatic N) is 2. The molecule has 0 radical (unpaired) electrons. The molecule has 32 heavy (non-hydrogen) atoms. The summed E-state index contributed by atoms with van der Waals surface area (Å²) in [6.07, 6.45) is 7.10. The number of amides is 3. The number of nitrogens with one attached hydrogen (secondary N) is 3. The maximum atomic E-state index is 13.8. The van der Waals surface area contributed by atoms with Crippen molar-refractivity contribution in [2.45, 2.75) is 37.8 Å². The van der Waals surface area contributed by atoms with Crippen LogP contribution in [0.4, 0.5) is 13.6 Å². The molecule has 3 N–H and O–H groups in total. The highest BCUT2D eigenvalue weighted by molar-refractivity contribution is 5.96. The molecule has 2 aliphatic rings. The van der Waals surface area contributed by atoms with Crippen LogP contribution in [0.2, 0.25) is 0 Å². The SMILES string of the molecule is O=C(NC1CCC(NC(=O)N2C=CNC2)CC1)c1cc(F)cnc1Oc1ccc(F)cc1. The lowest BCUT2D eigenvalue weighted by atomic mass is 9.91. The predicted molar refractivity (Wildman–Crippen MR) is 112 cm³/mol. The summed E-state index contributed by atoms with van der Waals surface area (Å²) in [6.45, 7) is 0.446. The summed E-state index contributed by atoms with van der Waals surface area (Å²) in [6, 6.07) is 6.02. The van der Waals surface area contributed by atoms with Crippen LogP contribution in [0.15, 0.2) is 48.9 Å². The summed E-state index contributed by atoms with van der Waals surface area (Å²) in [4.78, 5) is 30.4. The minimum Gasteiger partial charge on any atom is -0.438 e. The molecule has 2 heterocycles. The summed E-state index contributed by atoms with van der Waals surface area (Å²) in [5.41, 5.74) is -0.0435. The van der Waals surface area contributed by atoms with Crippen molar-refractivity contribution in [1.82, 2.24) is 25.8 Å².